The molecule has 0 atom stereocenters. The van der Waals surface area contributed by atoms with Gasteiger partial charge in [0.05, 0.1) is 10.6 Å². The topological polar surface area (TPSA) is 17.1 Å². The summed E-state index contributed by atoms with van der Waals surface area (Å²) >= 11 is 3.22. The maximum atomic E-state index is 12.0. The maximum Gasteiger partial charge on any atom is 0.182 e. The average molecular weight is 276 g/mol. The van der Waals surface area contributed by atoms with E-state index in [1.807, 2.05) is 6.07 Å². The molecule has 0 spiro atoms. The van der Waals surface area contributed by atoms with Crippen LogP contribution in [0.5, 0.6) is 0 Å². The molecule has 2 aromatic rings. The van der Waals surface area contributed by atoms with Gasteiger partial charge >= 0.3 is 0 Å². The van der Waals surface area contributed by atoms with E-state index in [0.717, 1.165) is 16.2 Å². The first-order valence-corrected chi connectivity index (χ1v) is 7.80. The summed E-state index contributed by atoms with van der Waals surface area (Å²) in [5, 5.41) is 0. The van der Waals surface area contributed by atoms with Crippen LogP contribution in [-0.4, -0.2) is 11.5 Å². The third-order valence-corrected chi connectivity index (χ3v) is 4.96. The Morgan fingerprint density at radius 3 is 2.50 bits per heavy atom. The first-order valence-electron chi connectivity index (χ1n) is 6.00. The largest absolute Gasteiger partial charge is 0.292 e. The maximum absolute atomic E-state index is 12.0. The van der Waals surface area contributed by atoms with E-state index in [2.05, 4.69) is 44.2 Å². The van der Waals surface area contributed by atoms with E-state index in [4.69, 9.17) is 0 Å². The number of carbonyl (C=O) groups excluding carboxylic acids is 1. The molecule has 1 heterocycles. The number of thioether (sulfide) groups is 1. The molecule has 0 saturated carbocycles. The second-order valence-electron chi connectivity index (χ2n) is 4.14. The molecule has 0 unspecified atom stereocenters. The predicted molar refractivity (Wildman–Crippen MR) is 79.9 cm³/mol. The van der Waals surface area contributed by atoms with E-state index in [1.54, 1.807) is 23.1 Å². The van der Waals surface area contributed by atoms with Crippen LogP contribution >= 0.6 is 23.1 Å². The number of carbonyl (C=O) groups is 1. The minimum absolute atomic E-state index is 0.227. The van der Waals surface area contributed by atoms with Gasteiger partial charge in [-0.25, -0.2) is 0 Å². The summed E-state index contributed by atoms with van der Waals surface area (Å²) < 4.78 is 0. The van der Waals surface area contributed by atoms with E-state index in [-0.39, 0.29) is 5.78 Å². The first kappa shape index (κ1) is 13.4. The van der Waals surface area contributed by atoms with Crippen LogP contribution in [0, 0.1) is 6.92 Å². The third kappa shape index (κ3) is 3.47. The molecule has 0 amide bonds. The number of hydrogen-bond acceptors (Lipinski definition) is 3. The summed E-state index contributed by atoms with van der Waals surface area (Å²) in [5.41, 5.74) is 1.25. The quantitative estimate of drug-likeness (QED) is 0.586. The summed E-state index contributed by atoms with van der Waals surface area (Å²) in [5.74, 6) is 0.748. The van der Waals surface area contributed by atoms with Gasteiger partial charge in [-0.2, -0.15) is 0 Å². The fraction of sp³-hybridized carbons (Fsp3) is 0.267. The Kier molecular flexibility index (Phi) is 4.61. The molecule has 0 N–H and O–H groups in total. The number of aryl methyl sites for hydroxylation is 2. The predicted octanol–water partition coefficient (Wildman–Crippen LogP) is 4.59. The Labute approximate surface area is 116 Å². The Morgan fingerprint density at radius 1 is 1.17 bits per heavy atom. The summed E-state index contributed by atoms with van der Waals surface area (Å²) in [6.07, 6.45) is 1.00. The molecule has 0 saturated heterocycles. The lowest BCUT2D eigenvalue weighted by molar-refractivity contribution is 0.102. The van der Waals surface area contributed by atoms with Crippen molar-refractivity contribution in [1.29, 1.82) is 0 Å². The van der Waals surface area contributed by atoms with Gasteiger partial charge in [-0.3, -0.25) is 4.79 Å². The number of hydrogen-bond donors (Lipinski definition) is 0. The molecule has 1 aromatic carbocycles. The van der Waals surface area contributed by atoms with Crippen molar-refractivity contribution in [3.05, 3.63) is 51.7 Å². The summed E-state index contributed by atoms with van der Waals surface area (Å²) in [6, 6.07) is 12.3. The number of rotatable bonds is 5. The number of Topliss-reactive ketones (excluding diaryl/α,β-unsaturated/α-hetero) is 1. The molecule has 18 heavy (non-hydrogen) atoms. The molecule has 0 aliphatic heterocycles. The fourth-order valence-electron chi connectivity index (χ4n) is 1.57. The van der Waals surface area contributed by atoms with Crippen LogP contribution in [-0.2, 0) is 6.42 Å². The second kappa shape index (κ2) is 6.21. The second-order valence-corrected chi connectivity index (χ2v) is 6.36. The van der Waals surface area contributed by atoms with Gasteiger partial charge in [0.1, 0.15) is 0 Å². The van der Waals surface area contributed by atoms with Crippen molar-refractivity contribution in [2.75, 3.05) is 5.75 Å². The van der Waals surface area contributed by atoms with Crippen molar-refractivity contribution < 1.29 is 4.79 Å². The van der Waals surface area contributed by atoms with Crippen LogP contribution in [0.4, 0.5) is 0 Å². The molecular formula is C15H16OS2. The molecule has 0 bridgehead atoms. The molecule has 2 rings (SSSR count). The zero-order valence-corrected chi connectivity index (χ0v) is 12.2. The smallest absolute Gasteiger partial charge is 0.182 e. The zero-order chi connectivity index (χ0) is 13.0. The summed E-state index contributed by atoms with van der Waals surface area (Å²) in [6.45, 7) is 4.18. The van der Waals surface area contributed by atoms with Crippen molar-refractivity contribution in [3.63, 3.8) is 0 Å². The molecule has 0 aliphatic rings. The number of thiophene rings is 1. The lowest BCUT2D eigenvalue weighted by Crippen LogP contribution is -1.98. The Morgan fingerprint density at radius 2 is 1.89 bits per heavy atom. The van der Waals surface area contributed by atoms with Crippen LogP contribution in [0.15, 0.2) is 41.3 Å². The van der Waals surface area contributed by atoms with Gasteiger partial charge in [-0.15, -0.1) is 23.1 Å². The Hall–Kier alpha value is -1.06. The van der Waals surface area contributed by atoms with E-state index < -0.39 is 0 Å². The highest BCUT2D eigenvalue weighted by atomic mass is 32.2. The monoisotopic (exact) mass is 276 g/mol. The van der Waals surface area contributed by atoms with Gasteiger partial charge in [-0.05, 0) is 37.6 Å². The van der Waals surface area contributed by atoms with E-state index >= 15 is 0 Å². The molecule has 0 aliphatic carbocycles. The SMILES string of the molecule is CCc1ccc(C(=O)CSc2ccc(C)cc2)s1. The molecular weight excluding hydrogens is 260 g/mol. The van der Waals surface area contributed by atoms with Crippen molar-refractivity contribution in [2.24, 2.45) is 0 Å². The molecule has 0 fully saturated rings. The molecule has 1 nitrogen and oxygen atoms in total. The average Bonchev–Trinajstić information content (AvgIpc) is 2.86. The van der Waals surface area contributed by atoms with Crippen LogP contribution in [0.2, 0.25) is 0 Å². The highest BCUT2D eigenvalue weighted by Gasteiger charge is 2.09. The van der Waals surface area contributed by atoms with Gasteiger partial charge in [0.2, 0.25) is 0 Å². The lowest BCUT2D eigenvalue weighted by Gasteiger charge is -2.00. The standard InChI is InChI=1S/C15H16OS2/c1-3-12-8-9-15(18-12)14(16)10-17-13-6-4-11(2)5-7-13/h4-9H,3,10H2,1-2H3. The number of benzene rings is 1. The third-order valence-electron chi connectivity index (χ3n) is 2.68. The lowest BCUT2D eigenvalue weighted by atomic mass is 10.2. The van der Waals surface area contributed by atoms with E-state index in [9.17, 15) is 4.79 Å². The van der Waals surface area contributed by atoms with Crippen LogP contribution < -0.4 is 0 Å². The van der Waals surface area contributed by atoms with Crippen molar-refractivity contribution >= 4 is 28.9 Å². The van der Waals surface area contributed by atoms with Gasteiger partial charge in [0.15, 0.2) is 5.78 Å². The molecule has 1 aromatic heterocycles. The zero-order valence-electron chi connectivity index (χ0n) is 10.6. The summed E-state index contributed by atoms with van der Waals surface area (Å²) in [4.78, 5) is 15.3. The normalized spacial score (nSPS) is 10.6. The molecule has 94 valence electrons. The minimum atomic E-state index is 0.227. The summed E-state index contributed by atoms with van der Waals surface area (Å²) in [7, 11) is 0. The minimum Gasteiger partial charge on any atom is -0.292 e. The van der Waals surface area contributed by atoms with Crippen LogP contribution in [0.1, 0.15) is 27.0 Å². The van der Waals surface area contributed by atoms with Crippen molar-refractivity contribution in [1.82, 2.24) is 0 Å². The highest BCUT2D eigenvalue weighted by Crippen LogP contribution is 2.23. The van der Waals surface area contributed by atoms with Gasteiger partial charge in [0.25, 0.3) is 0 Å². The van der Waals surface area contributed by atoms with Crippen LogP contribution in [0.3, 0.4) is 0 Å². The van der Waals surface area contributed by atoms with Gasteiger partial charge in [-0.1, -0.05) is 24.6 Å². The van der Waals surface area contributed by atoms with Crippen molar-refractivity contribution in [2.45, 2.75) is 25.2 Å². The van der Waals surface area contributed by atoms with Gasteiger partial charge < -0.3 is 0 Å². The highest BCUT2D eigenvalue weighted by molar-refractivity contribution is 8.00. The molecule has 0 radical (unpaired) electrons. The van der Waals surface area contributed by atoms with Crippen LogP contribution in [0.25, 0.3) is 0 Å². The van der Waals surface area contributed by atoms with Crippen molar-refractivity contribution in [3.8, 4) is 0 Å². The number of ketones is 1. The Bertz CT molecular complexity index is 526. The first-order chi connectivity index (χ1) is 8.69. The fourth-order valence-corrected chi connectivity index (χ4v) is 3.33. The Balaban J connectivity index is 1.93. The van der Waals surface area contributed by atoms with Gasteiger partial charge in [0, 0.05) is 9.77 Å². The molecule has 3 heteroatoms. The van der Waals surface area contributed by atoms with E-state index in [1.165, 1.54) is 10.4 Å². The van der Waals surface area contributed by atoms with E-state index in [0.29, 0.717) is 5.75 Å².